The van der Waals surface area contributed by atoms with Crippen LogP contribution in [0.2, 0.25) is 0 Å². The first-order chi connectivity index (χ1) is 12.8. The molecule has 2 aromatic rings. The van der Waals surface area contributed by atoms with Crippen molar-refractivity contribution in [1.82, 2.24) is 10.2 Å². The van der Waals surface area contributed by atoms with Gasteiger partial charge < -0.3 is 10.6 Å². The van der Waals surface area contributed by atoms with E-state index in [0.717, 1.165) is 21.5 Å². The Bertz CT molecular complexity index is 881. The molecule has 0 spiro atoms. The van der Waals surface area contributed by atoms with Gasteiger partial charge in [0.05, 0.1) is 3.79 Å². The molecule has 3 rings (SSSR count). The number of thiophene rings is 1. The number of benzene rings is 1. The van der Waals surface area contributed by atoms with Crippen LogP contribution in [0.3, 0.4) is 0 Å². The van der Waals surface area contributed by atoms with Gasteiger partial charge in [-0.15, -0.1) is 11.3 Å². The molecule has 0 radical (unpaired) electrons. The molecule has 1 aromatic carbocycles. The van der Waals surface area contributed by atoms with E-state index in [1.807, 2.05) is 30.3 Å². The normalized spacial score (nSPS) is 19.3. The molecule has 27 heavy (non-hydrogen) atoms. The average molecular weight is 450 g/mol. The number of hydrogen-bond donors (Lipinski definition) is 2. The number of nitrogens with one attached hydrogen (secondary N) is 2. The predicted molar refractivity (Wildman–Crippen MR) is 109 cm³/mol. The van der Waals surface area contributed by atoms with Crippen LogP contribution < -0.4 is 10.6 Å². The molecule has 142 valence electrons. The summed E-state index contributed by atoms with van der Waals surface area (Å²) in [6.45, 7) is 3.43. The maximum atomic E-state index is 12.8. The van der Waals surface area contributed by atoms with Crippen LogP contribution in [0.5, 0.6) is 0 Å². The third-order valence-electron chi connectivity index (χ3n) is 4.42. The minimum atomic E-state index is -1.16. The lowest BCUT2D eigenvalue weighted by Crippen LogP contribution is -2.41. The second-order valence-electron chi connectivity index (χ2n) is 6.55. The fourth-order valence-corrected chi connectivity index (χ4v) is 4.46. The fraction of sp³-hybridized carbons (Fsp3) is 0.316. The number of carbonyl (C=O) groups excluding carboxylic acids is 3. The van der Waals surface area contributed by atoms with E-state index in [0.29, 0.717) is 10.6 Å². The first kappa shape index (κ1) is 19.6. The van der Waals surface area contributed by atoms with Crippen molar-refractivity contribution in [3.8, 4) is 0 Å². The molecule has 1 saturated heterocycles. The second kappa shape index (κ2) is 7.82. The average Bonchev–Trinajstić information content (AvgIpc) is 3.15. The van der Waals surface area contributed by atoms with Crippen molar-refractivity contribution in [2.45, 2.75) is 32.2 Å². The number of aryl methyl sites for hydroxylation is 1. The minimum Gasteiger partial charge on any atom is -0.325 e. The van der Waals surface area contributed by atoms with E-state index in [-0.39, 0.29) is 6.54 Å². The van der Waals surface area contributed by atoms with Gasteiger partial charge in [-0.2, -0.15) is 0 Å². The van der Waals surface area contributed by atoms with Gasteiger partial charge in [-0.3, -0.25) is 14.5 Å². The highest BCUT2D eigenvalue weighted by Gasteiger charge is 2.50. The summed E-state index contributed by atoms with van der Waals surface area (Å²) >= 11 is 4.73. The summed E-state index contributed by atoms with van der Waals surface area (Å²) < 4.78 is 0.864. The predicted octanol–water partition coefficient (Wildman–Crippen LogP) is 3.87. The topological polar surface area (TPSA) is 78.5 Å². The van der Waals surface area contributed by atoms with Gasteiger partial charge >= 0.3 is 6.03 Å². The number of nitrogens with zero attached hydrogens (tertiary/aromatic N) is 1. The highest BCUT2D eigenvalue weighted by Crippen LogP contribution is 2.35. The maximum Gasteiger partial charge on any atom is 0.325 e. The van der Waals surface area contributed by atoms with E-state index in [9.17, 15) is 14.4 Å². The van der Waals surface area contributed by atoms with Crippen LogP contribution >= 0.6 is 27.3 Å². The standard InChI is InChI=1S/C19H20BrN3O3S/c1-3-4-12-5-7-13(8-6-12)21-16(24)11-23-17(25)19(2,22-18(23)26)14-9-10-15(20)27-14/h5-10H,3-4,11H2,1-2H3,(H,21,24)(H,22,26). The Morgan fingerprint density at radius 2 is 1.93 bits per heavy atom. The van der Waals surface area contributed by atoms with Gasteiger partial charge in [-0.05, 0) is 59.1 Å². The molecule has 2 N–H and O–H groups in total. The molecule has 1 atom stereocenters. The summed E-state index contributed by atoms with van der Waals surface area (Å²) in [6.07, 6.45) is 2.03. The van der Waals surface area contributed by atoms with Gasteiger partial charge in [0.15, 0.2) is 5.54 Å². The third kappa shape index (κ3) is 4.06. The zero-order chi connectivity index (χ0) is 19.6. The molecule has 0 aliphatic carbocycles. The molecule has 6 nitrogen and oxygen atoms in total. The summed E-state index contributed by atoms with van der Waals surface area (Å²) in [5.74, 6) is -0.853. The minimum absolute atomic E-state index is 0.330. The Balaban J connectivity index is 1.67. The molecular formula is C19H20BrN3O3S. The summed E-state index contributed by atoms with van der Waals surface area (Å²) in [5, 5.41) is 5.43. The van der Waals surface area contributed by atoms with Crippen molar-refractivity contribution >= 4 is 50.8 Å². The van der Waals surface area contributed by atoms with Gasteiger partial charge in [0.2, 0.25) is 5.91 Å². The number of amides is 4. The van der Waals surface area contributed by atoms with Gasteiger partial charge in [0, 0.05) is 10.6 Å². The molecule has 1 aliphatic rings. The number of anilines is 1. The molecule has 2 heterocycles. The van der Waals surface area contributed by atoms with Gasteiger partial charge in [0.1, 0.15) is 6.54 Å². The molecule has 0 bridgehead atoms. The highest BCUT2D eigenvalue weighted by molar-refractivity contribution is 9.11. The molecule has 1 unspecified atom stereocenters. The van der Waals surface area contributed by atoms with Crippen molar-refractivity contribution in [2.24, 2.45) is 0 Å². The first-order valence-electron chi connectivity index (χ1n) is 8.62. The molecular weight excluding hydrogens is 430 g/mol. The van der Waals surface area contributed by atoms with Crippen LogP contribution in [0.25, 0.3) is 0 Å². The van der Waals surface area contributed by atoms with E-state index in [4.69, 9.17) is 0 Å². The molecule has 1 aliphatic heterocycles. The fourth-order valence-electron chi connectivity index (χ4n) is 2.98. The van der Waals surface area contributed by atoms with E-state index < -0.39 is 23.4 Å². The van der Waals surface area contributed by atoms with E-state index >= 15 is 0 Å². The SMILES string of the molecule is CCCc1ccc(NC(=O)CN2C(=O)NC(C)(c3ccc(Br)s3)C2=O)cc1. The molecule has 1 fully saturated rings. The Kier molecular flexibility index (Phi) is 5.67. The monoisotopic (exact) mass is 449 g/mol. The van der Waals surface area contributed by atoms with Crippen LogP contribution in [0, 0.1) is 0 Å². The summed E-state index contributed by atoms with van der Waals surface area (Å²) in [7, 11) is 0. The first-order valence-corrected chi connectivity index (χ1v) is 10.2. The molecule has 0 saturated carbocycles. The van der Waals surface area contributed by atoms with Gasteiger partial charge in [-0.25, -0.2) is 4.79 Å². The van der Waals surface area contributed by atoms with Gasteiger partial charge in [-0.1, -0.05) is 25.5 Å². The summed E-state index contributed by atoms with van der Waals surface area (Å²) in [5.41, 5.74) is 0.676. The van der Waals surface area contributed by atoms with Crippen molar-refractivity contribution in [1.29, 1.82) is 0 Å². The smallest absolute Gasteiger partial charge is 0.325 e. The largest absolute Gasteiger partial charge is 0.325 e. The molecule has 1 aromatic heterocycles. The Morgan fingerprint density at radius 3 is 2.52 bits per heavy atom. The zero-order valence-corrected chi connectivity index (χ0v) is 17.4. The summed E-state index contributed by atoms with van der Waals surface area (Å²) in [6, 6.07) is 10.6. The lowest BCUT2D eigenvalue weighted by Gasteiger charge is -2.20. The third-order valence-corrected chi connectivity index (χ3v) is 6.26. The molecule has 4 amide bonds. The lowest BCUT2D eigenvalue weighted by molar-refractivity contribution is -0.133. The number of rotatable bonds is 6. The zero-order valence-electron chi connectivity index (χ0n) is 15.0. The Morgan fingerprint density at radius 1 is 1.22 bits per heavy atom. The van der Waals surface area contributed by atoms with Crippen LogP contribution in [0.4, 0.5) is 10.5 Å². The Labute approximate surface area is 170 Å². The number of halogens is 1. The summed E-state index contributed by atoms with van der Waals surface area (Å²) in [4.78, 5) is 39.1. The van der Waals surface area contributed by atoms with E-state index in [1.54, 1.807) is 13.0 Å². The second-order valence-corrected chi connectivity index (χ2v) is 9.01. The van der Waals surface area contributed by atoms with Crippen LogP contribution in [0.15, 0.2) is 40.2 Å². The van der Waals surface area contributed by atoms with Gasteiger partial charge in [0.25, 0.3) is 5.91 Å². The number of imide groups is 1. The van der Waals surface area contributed by atoms with Crippen LogP contribution in [-0.4, -0.2) is 29.3 Å². The van der Waals surface area contributed by atoms with Crippen LogP contribution in [0.1, 0.15) is 30.7 Å². The Hall–Kier alpha value is -2.19. The maximum absolute atomic E-state index is 12.8. The van der Waals surface area contributed by atoms with Crippen LogP contribution in [-0.2, 0) is 21.5 Å². The van der Waals surface area contributed by atoms with Crippen molar-refractivity contribution in [2.75, 3.05) is 11.9 Å². The van der Waals surface area contributed by atoms with Crippen molar-refractivity contribution in [3.05, 3.63) is 50.6 Å². The molecule has 8 heteroatoms. The quantitative estimate of drug-likeness (QED) is 0.656. The number of hydrogen-bond acceptors (Lipinski definition) is 4. The van der Waals surface area contributed by atoms with E-state index in [2.05, 4.69) is 33.5 Å². The van der Waals surface area contributed by atoms with Crippen molar-refractivity contribution < 1.29 is 14.4 Å². The number of urea groups is 1. The lowest BCUT2D eigenvalue weighted by atomic mass is 10.0. The highest BCUT2D eigenvalue weighted by atomic mass is 79.9. The van der Waals surface area contributed by atoms with E-state index in [1.165, 1.54) is 16.9 Å². The number of carbonyl (C=O) groups is 3. The van der Waals surface area contributed by atoms with Crippen molar-refractivity contribution in [3.63, 3.8) is 0 Å².